The van der Waals surface area contributed by atoms with Gasteiger partial charge in [0, 0.05) is 19.3 Å². The predicted octanol–water partition coefficient (Wildman–Crippen LogP) is 3.21. The fourth-order valence-corrected chi connectivity index (χ4v) is 3.19. The van der Waals surface area contributed by atoms with Gasteiger partial charge in [0.1, 0.15) is 10.8 Å². The topological polar surface area (TPSA) is 123 Å². The molecule has 3 N–H and O–H groups in total. The number of hydrogen-bond acceptors (Lipinski definition) is 6. The number of carbonyl (C=O) groups is 1. The third-order valence-electron chi connectivity index (χ3n) is 4.44. The fourth-order valence-electron chi connectivity index (χ4n) is 2.97. The Morgan fingerprint density at radius 1 is 1.36 bits per heavy atom. The Kier molecular flexibility index (Phi) is 8.53. The van der Waals surface area contributed by atoms with Crippen molar-refractivity contribution in [3.8, 4) is 5.88 Å². The van der Waals surface area contributed by atoms with Crippen molar-refractivity contribution in [2.45, 2.75) is 46.3 Å². The summed E-state index contributed by atoms with van der Waals surface area (Å²) in [5, 5.41) is -0.313. The zero-order valence-corrected chi connectivity index (χ0v) is 19.1. The maximum absolute atomic E-state index is 13.3. The van der Waals surface area contributed by atoms with E-state index >= 15 is 0 Å². The van der Waals surface area contributed by atoms with Crippen molar-refractivity contribution < 1.29 is 22.7 Å². The number of aromatic amines is 1. The quantitative estimate of drug-likeness (QED) is 0.555. The van der Waals surface area contributed by atoms with Crippen LogP contribution in [0.1, 0.15) is 44.0 Å². The van der Waals surface area contributed by atoms with Crippen LogP contribution in [0.25, 0.3) is 0 Å². The molecule has 9 nitrogen and oxygen atoms in total. The number of hydrogen-bond donors (Lipinski definition) is 2. The number of anilines is 2. The largest absolute Gasteiger partial charge is 0.467 e. The average molecular weight is 492 g/mol. The second-order valence-corrected chi connectivity index (χ2v) is 8.13. The lowest BCUT2D eigenvalue weighted by Gasteiger charge is -2.25. The van der Waals surface area contributed by atoms with E-state index in [1.165, 1.54) is 4.57 Å². The second kappa shape index (κ2) is 10.7. The molecule has 0 saturated heterocycles. The maximum Gasteiger partial charge on any atom is 0.422 e. The molecule has 0 aliphatic carbocycles. The standard InChI is InChI=1S/C20H25ClF3N5O4/c1-4-5-6-28(14-15(25)29(9-11(2)3)19(32)27-16(14)30)18(31)12-7-13(21)17(26-8-12)33-10-20(22,23)24/h7-8,11H,4-6,9-10,25H2,1-3H3,(H,27,30,32). The molecule has 2 aromatic rings. The highest BCUT2D eigenvalue weighted by Gasteiger charge is 2.30. The molecule has 2 rings (SSSR count). The number of aromatic nitrogens is 3. The first kappa shape index (κ1) is 26.2. The van der Waals surface area contributed by atoms with Gasteiger partial charge in [0.05, 0.1) is 5.56 Å². The van der Waals surface area contributed by atoms with Crippen LogP contribution in [0.4, 0.5) is 24.7 Å². The Bertz CT molecular complexity index is 1110. The highest BCUT2D eigenvalue weighted by Crippen LogP contribution is 2.27. The normalized spacial score (nSPS) is 11.6. The molecule has 0 saturated carbocycles. The van der Waals surface area contributed by atoms with Crippen molar-refractivity contribution in [1.82, 2.24) is 14.5 Å². The summed E-state index contributed by atoms with van der Waals surface area (Å²) in [6.07, 6.45) is -2.42. The van der Waals surface area contributed by atoms with Crippen LogP contribution in [0.15, 0.2) is 21.9 Å². The zero-order valence-electron chi connectivity index (χ0n) is 18.3. The molecule has 0 atom stereocenters. The van der Waals surface area contributed by atoms with Crippen LogP contribution in [-0.4, -0.2) is 39.8 Å². The number of halogens is 4. The van der Waals surface area contributed by atoms with Crippen molar-refractivity contribution in [2.24, 2.45) is 5.92 Å². The molecule has 2 aromatic heterocycles. The van der Waals surface area contributed by atoms with Gasteiger partial charge in [-0.05, 0) is 18.4 Å². The van der Waals surface area contributed by atoms with Gasteiger partial charge in [0.2, 0.25) is 5.88 Å². The Morgan fingerprint density at radius 3 is 2.58 bits per heavy atom. The van der Waals surface area contributed by atoms with Crippen molar-refractivity contribution in [1.29, 1.82) is 0 Å². The highest BCUT2D eigenvalue weighted by molar-refractivity contribution is 6.32. The van der Waals surface area contributed by atoms with E-state index in [1.54, 1.807) is 0 Å². The predicted molar refractivity (Wildman–Crippen MR) is 118 cm³/mol. The molecule has 0 aromatic carbocycles. The van der Waals surface area contributed by atoms with Crippen molar-refractivity contribution in [3.05, 3.63) is 43.7 Å². The number of nitrogens with zero attached hydrogens (tertiary/aromatic N) is 3. The van der Waals surface area contributed by atoms with Crippen LogP contribution in [0.3, 0.4) is 0 Å². The first-order chi connectivity index (χ1) is 15.4. The molecular formula is C20H25ClF3N5O4. The van der Waals surface area contributed by atoms with Gasteiger partial charge in [-0.25, -0.2) is 9.78 Å². The number of pyridine rings is 1. The van der Waals surface area contributed by atoms with Crippen LogP contribution in [-0.2, 0) is 6.54 Å². The van der Waals surface area contributed by atoms with Crippen LogP contribution in [0.2, 0.25) is 5.02 Å². The van der Waals surface area contributed by atoms with Gasteiger partial charge >= 0.3 is 11.9 Å². The zero-order chi connectivity index (χ0) is 24.9. The summed E-state index contributed by atoms with van der Waals surface area (Å²) in [6.45, 7) is 4.29. The monoisotopic (exact) mass is 491 g/mol. The van der Waals surface area contributed by atoms with Gasteiger partial charge in [-0.1, -0.05) is 38.8 Å². The van der Waals surface area contributed by atoms with Crippen LogP contribution in [0, 0.1) is 5.92 Å². The summed E-state index contributed by atoms with van der Waals surface area (Å²) in [4.78, 5) is 45.1. The molecule has 0 bridgehead atoms. The first-order valence-corrected chi connectivity index (χ1v) is 10.5. The molecule has 182 valence electrons. The molecule has 0 spiro atoms. The van der Waals surface area contributed by atoms with Crippen LogP contribution in [0.5, 0.6) is 5.88 Å². The molecule has 0 unspecified atom stereocenters. The lowest BCUT2D eigenvalue weighted by atomic mass is 10.2. The van der Waals surface area contributed by atoms with Crippen LogP contribution >= 0.6 is 11.6 Å². The van der Waals surface area contributed by atoms with E-state index in [1.807, 2.05) is 20.8 Å². The number of unbranched alkanes of at least 4 members (excludes halogenated alkanes) is 1. The maximum atomic E-state index is 13.3. The van der Waals surface area contributed by atoms with E-state index in [4.69, 9.17) is 17.3 Å². The highest BCUT2D eigenvalue weighted by atomic mass is 35.5. The summed E-state index contributed by atoms with van der Waals surface area (Å²) in [5.74, 6) is -1.36. The van der Waals surface area contributed by atoms with Gasteiger partial charge in [0.25, 0.3) is 11.5 Å². The molecule has 0 aliphatic rings. The Hall–Kier alpha value is -3.02. The minimum atomic E-state index is -4.59. The molecule has 33 heavy (non-hydrogen) atoms. The number of alkyl halides is 3. The third kappa shape index (κ3) is 6.73. The van der Waals surface area contributed by atoms with Gasteiger partial charge < -0.3 is 15.4 Å². The van der Waals surface area contributed by atoms with E-state index in [2.05, 4.69) is 14.7 Å². The summed E-state index contributed by atoms with van der Waals surface area (Å²) >= 11 is 5.96. The van der Waals surface area contributed by atoms with Gasteiger partial charge in [-0.15, -0.1) is 0 Å². The van der Waals surface area contributed by atoms with Crippen molar-refractivity contribution in [3.63, 3.8) is 0 Å². The summed E-state index contributed by atoms with van der Waals surface area (Å²) < 4.78 is 42.9. The van der Waals surface area contributed by atoms with E-state index in [0.717, 1.165) is 17.2 Å². The number of amides is 1. The van der Waals surface area contributed by atoms with E-state index in [-0.39, 0.29) is 41.1 Å². The lowest BCUT2D eigenvalue weighted by molar-refractivity contribution is -0.154. The molecule has 13 heteroatoms. The number of nitrogen functional groups attached to an aromatic ring is 1. The molecule has 2 heterocycles. The smallest absolute Gasteiger partial charge is 0.422 e. The Labute approximate surface area is 192 Å². The molecular weight excluding hydrogens is 467 g/mol. The molecule has 0 aliphatic heterocycles. The van der Waals surface area contributed by atoms with Crippen LogP contribution < -0.4 is 26.6 Å². The Morgan fingerprint density at radius 2 is 2.03 bits per heavy atom. The SMILES string of the molecule is CCCCN(C(=O)c1cnc(OCC(F)(F)F)c(Cl)c1)c1c(N)n(CC(C)C)c(=O)[nH]c1=O. The van der Waals surface area contributed by atoms with Gasteiger partial charge in [-0.2, -0.15) is 13.2 Å². The number of rotatable bonds is 9. The second-order valence-electron chi connectivity index (χ2n) is 7.72. The average Bonchev–Trinajstić information content (AvgIpc) is 2.71. The third-order valence-corrected chi connectivity index (χ3v) is 4.71. The van der Waals surface area contributed by atoms with E-state index < -0.39 is 35.8 Å². The number of H-pyrrole nitrogens is 1. The van der Waals surface area contributed by atoms with Crippen molar-refractivity contribution >= 4 is 29.0 Å². The lowest BCUT2D eigenvalue weighted by Crippen LogP contribution is -2.42. The minimum Gasteiger partial charge on any atom is -0.467 e. The first-order valence-electron chi connectivity index (χ1n) is 10.1. The summed E-state index contributed by atoms with van der Waals surface area (Å²) in [7, 11) is 0. The number of carbonyl (C=O) groups excluding carboxylic acids is 1. The summed E-state index contributed by atoms with van der Waals surface area (Å²) in [6, 6.07) is 1.09. The van der Waals surface area contributed by atoms with E-state index in [0.29, 0.717) is 12.8 Å². The number of ether oxygens (including phenoxy) is 1. The van der Waals surface area contributed by atoms with E-state index in [9.17, 15) is 27.6 Å². The molecule has 0 radical (unpaired) electrons. The van der Waals surface area contributed by atoms with Gasteiger partial charge in [0.15, 0.2) is 12.3 Å². The molecule has 1 amide bonds. The van der Waals surface area contributed by atoms with Crippen molar-refractivity contribution in [2.75, 3.05) is 23.8 Å². The molecule has 0 fully saturated rings. The number of nitrogens with one attached hydrogen (secondary N) is 1. The minimum absolute atomic E-state index is 0.0239. The van der Waals surface area contributed by atoms with Gasteiger partial charge in [-0.3, -0.25) is 19.1 Å². The summed E-state index contributed by atoms with van der Waals surface area (Å²) in [5.41, 5.74) is 4.29. The fraction of sp³-hybridized carbons (Fsp3) is 0.500. The number of nitrogens with two attached hydrogens (primary N) is 1. The Balaban J connectivity index is 2.50.